The van der Waals surface area contributed by atoms with E-state index in [2.05, 4.69) is 10.3 Å². The SMILES string of the molecule is CNc1cccc(COc2cc([N+](=O)[O-])c(C)cc2C)n1. The molecule has 1 aromatic heterocycles. The van der Waals surface area contributed by atoms with E-state index in [9.17, 15) is 10.1 Å². The predicted molar refractivity (Wildman–Crippen MR) is 80.7 cm³/mol. The Kier molecular flexibility index (Phi) is 4.37. The van der Waals surface area contributed by atoms with Crippen molar-refractivity contribution in [1.29, 1.82) is 0 Å². The first-order valence-electron chi connectivity index (χ1n) is 6.53. The van der Waals surface area contributed by atoms with Crippen LogP contribution in [-0.4, -0.2) is 17.0 Å². The molecule has 2 rings (SSSR count). The summed E-state index contributed by atoms with van der Waals surface area (Å²) in [6, 6.07) is 8.80. The van der Waals surface area contributed by atoms with Crippen molar-refractivity contribution < 1.29 is 9.66 Å². The maximum Gasteiger partial charge on any atom is 0.276 e. The summed E-state index contributed by atoms with van der Waals surface area (Å²) in [7, 11) is 1.79. The lowest BCUT2D eigenvalue weighted by atomic mass is 10.1. The third-order valence-electron chi connectivity index (χ3n) is 3.13. The molecule has 0 amide bonds. The van der Waals surface area contributed by atoms with Crippen LogP contribution in [0.15, 0.2) is 30.3 Å². The number of hydrogen-bond acceptors (Lipinski definition) is 5. The molecule has 21 heavy (non-hydrogen) atoms. The van der Waals surface area contributed by atoms with Gasteiger partial charge < -0.3 is 10.1 Å². The molecule has 0 atom stereocenters. The monoisotopic (exact) mass is 287 g/mol. The number of rotatable bonds is 5. The molecule has 0 saturated heterocycles. The van der Waals surface area contributed by atoms with Crippen LogP contribution >= 0.6 is 0 Å². The van der Waals surface area contributed by atoms with Crippen LogP contribution in [-0.2, 0) is 6.61 Å². The molecule has 6 nitrogen and oxygen atoms in total. The molecule has 1 aromatic carbocycles. The van der Waals surface area contributed by atoms with Gasteiger partial charge in [-0.05, 0) is 37.6 Å². The van der Waals surface area contributed by atoms with E-state index in [-0.39, 0.29) is 12.3 Å². The number of anilines is 1. The second kappa shape index (κ2) is 6.21. The largest absolute Gasteiger partial charge is 0.487 e. The fourth-order valence-corrected chi connectivity index (χ4v) is 2.02. The Hall–Kier alpha value is -2.63. The average Bonchev–Trinajstić information content (AvgIpc) is 2.46. The number of pyridine rings is 1. The Morgan fingerprint density at radius 2 is 2.05 bits per heavy atom. The number of aromatic nitrogens is 1. The molecule has 0 unspecified atom stereocenters. The number of nitrogens with one attached hydrogen (secondary N) is 1. The normalized spacial score (nSPS) is 10.2. The van der Waals surface area contributed by atoms with E-state index in [1.807, 2.05) is 25.1 Å². The van der Waals surface area contributed by atoms with Crippen LogP contribution in [0, 0.1) is 24.0 Å². The number of nitro groups is 1. The third kappa shape index (κ3) is 3.47. The molecule has 0 fully saturated rings. The number of nitrogens with zero attached hydrogens (tertiary/aromatic N) is 2. The maximum atomic E-state index is 11.0. The van der Waals surface area contributed by atoms with Gasteiger partial charge in [-0.25, -0.2) is 4.98 Å². The number of ether oxygens (including phenoxy) is 1. The number of nitro benzene ring substituents is 1. The van der Waals surface area contributed by atoms with Gasteiger partial charge >= 0.3 is 0 Å². The zero-order chi connectivity index (χ0) is 15.4. The van der Waals surface area contributed by atoms with Gasteiger partial charge in [0, 0.05) is 12.6 Å². The second-order valence-corrected chi connectivity index (χ2v) is 4.71. The van der Waals surface area contributed by atoms with Crippen molar-refractivity contribution in [3.63, 3.8) is 0 Å². The number of benzene rings is 1. The first kappa shape index (κ1) is 14.8. The van der Waals surface area contributed by atoms with Gasteiger partial charge in [-0.3, -0.25) is 10.1 Å². The topological polar surface area (TPSA) is 77.3 Å². The number of hydrogen-bond donors (Lipinski definition) is 1. The summed E-state index contributed by atoms with van der Waals surface area (Å²) in [4.78, 5) is 14.9. The molecule has 110 valence electrons. The fraction of sp³-hybridized carbons (Fsp3) is 0.267. The fourth-order valence-electron chi connectivity index (χ4n) is 2.02. The first-order chi connectivity index (χ1) is 10.0. The predicted octanol–water partition coefficient (Wildman–Crippen LogP) is 3.23. The highest BCUT2D eigenvalue weighted by Gasteiger charge is 2.14. The highest BCUT2D eigenvalue weighted by molar-refractivity contribution is 5.49. The second-order valence-electron chi connectivity index (χ2n) is 4.71. The molecule has 2 aromatic rings. The summed E-state index contributed by atoms with van der Waals surface area (Å²) in [6.07, 6.45) is 0. The average molecular weight is 287 g/mol. The van der Waals surface area contributed by atoms with Gasteiger partial charge in [0.15, 0.2) is 0 Å². The summed E-state index contributed by atoms with van der Waals surface area (Å²) >= 11 is 0. The van der Waals surface area contributed by atoms with Crippen molar-refractivity contribution in [3.05, 3.63) is 57.3 Å². The van der Waals surface area contributed by atoms with Gasteiger partial charge in [0.25, 0.3) is 5.69 Å². The smallest absolute Gasteiger partial charge is 0.276 e. The molecule has 0 radical (unpaired) electrons. The highest BCUT2D eigenvalue weighted by atomic mass is 16.6. The van der Waals surface area contributed by atoms with Crippen molar-refractivity contribution in [2.75, 3.05) is 12.4 Å². The minimum absolute atomic E-state index is 0.0625. The van der Waals surface area contributed by atoms with E-state index in [4.69, 9.17) is 4.74 Å². The molecule has 0 aliphatic heterocycles. The molecular weight excluding hydrogens is 270 g/mol. The van der Waals surface area contributed by atoms with Crippen LogP contribution < -0.4 is 10.1 Å². The van der Waals surface area contributed by atoms with Crippen molar-refractivity contribution in [3.8, 4) is 5.75 Å². The molecule has 1 N–H and O–H groups in total. The standard InChI is InChI=1S/C15H17N3O3/c1-10-7-11(2)14(8-13(10)18(19)20)21-9-12-5-4-6-15(16-3)17-12/h4-8H,9H2,1-3H3,(H,16,17). The van der Waals surface area contributed by atoms with Gasteiger partial charge in [0.2, 0.25) is 0 Å². The van der Waals surface area contributed by atoms with Crippen LogP contribution in [0.1, 0.15) is 16.8 Å². The van der Waals surface area contributed by atoms with Crippen LogP contribution in [0.5, 0.6) is 5.75 Å². The summed E-state index contributed by atoms with van der Waals surface area (Å²) in [5.41, 5.74) is 2.31. The van der Waals surface area contributed by atoms with Crippen molar-refractivity contribution >= 4 is 11.5 Å². The van der Waals surface area contributed by atoms with E-state index in [0.29, 0.717) is 11.3 Å². The van der Waals surface area contributed by atoms with Gasteiger partial charge in [-0.15, -0.1) is 0 Å². The van der Waals surface area contributed by atoms with Crippen LogP contribution in [0.3, 0.4) is 0 Å². The Morgan fingerprint density at radius 1 is 1.29 bits per heavy atom. The van der Waals surface area contributed by atoms with Gasteiger partial charge in [0.1, 0.15) is 18.2 Å². The minimum atomic E-state index is -0.401. The van der Waals surface area contributed by atoms with E-state index in [1.165, 1.54) is 6.07 Å². The lowest BCUT2D eigenvalue weighted by molar-refractivity contribution is -0.385. The van der Waals surface area contributed by atoms with E-state index >= 15 is 0 Å². The molecule has 0 saturated carbocycles. The summed E-state index contributed by atoms with van der Waals surface area (Å²) < 4.78 is 5.67. The Balaban J connectivity index is 2.19. The Labute approximate surface area is 122 Å². The third-order valence-corrected chi connectivity index (χ3v) is 3.13. The lowest BCUT2D eigenvalue weighted by Crippen LogP contribution is -2.02. The lowest BCUT2D eigenvalue weighted by Gasteiger charge is -2.10. The molecule has 0 aliphatic rings. The zero-order valence-corrected chi connectivity index (χ0v) is 12.2. The molecule has 1 heterocycles. The Morgan fingerprint density at radius 3 is 2.71 bits per heavy atom. The van der Waals surface area contributed by atoms with Crippen molar-refractivity contribution in [2.45, 2.75) is 20.5 Å². The minimum Gasteiger partial charge on any atom is -0.487 e. The van der Waals surface area contributed by atoms with Crippen LogP contribution in [0.25, 0.3) is 0 Å². The molecule has 0 aliphatic carbocycles. The number of aryl methyl sites for hydroxylation is 2. The van der Waals surface area contributed by atoms with E-state index in [0.717, 1.165) is 17.1 Å². The van der Waals surface area contributed by atoms with E-state index in [1.54, 1.807) is 20.0 Å². The molecule has 6 heteroatoms. The highest BCUT2D eigenvalue weighted by Crippen LogP contribution is 2.28. The Bertz CT molecular complexity index is 671. The first-order valence-corrected chi connectivity index (χ1v) is 6.53. The van der Waals surface area contributed by atoms with Crippen LogP contribution in [0.4, 0.5) is 11.5 Å². The van der Waals surface area contributed by atoms with Gasteiger partial charge in [-0.1, -0.05) is 6.07 Å². The van der Waals surface area contributed by atoms with Crippen molar-refractivity contribution in [2.24, 2.45) is 0 Å². The maximum absolute atomic E-state index is 11.0. The van der Waals surface area contributed by atoms with Gasteiger partial charge in [0.05, 0.1) is 16.7 Å². The summed E-state index contributed by atoms with van der Waals surface area (Å²) in [5, 5.41) is 13.9. The summed E-state index contributed by atoms with van der Waals surface area (Å²) in [5.74, 6) is 1.26. The van der Waals surface area contributed by atoms with Crippen LogP contribution in [0.2, 0.25) is 0 Å². The quantitative estimate of drug-likeness (QED) is 0.674. The molecule has 0 spiro atoms. The molecular formula is C15H17N3O3. The summed E-state index contributed by atoms with van der Waals surface area (Å²) in [6.45, 7) is 3.84. The zero-order valence-electron chi connectivity index (χ0n) is 12.2. The molecule has 0 bridgehead atoms. The van der Waals surface area contributed by atoms with Crippen molar-refractivity contribution in [1.82, 2.24) is 4.98 Å². The van der Waals surface area contributed by atoms with Gasteiger partial charge in [-0.2, -0.15) is 0 Å². The van der Waals surface area contributed by atoms with E-state index < -0.39 is 4.92 Å².